The van der Waals surface area contributed by atoms with Crippen molar-refractivity contribution in [1.82, 2.24) is 14.5 Å². The van der Waals surface area contributed by atoms with E-state index < -0.39 is 0 Å². The van der Waals surface area contributed by atoms with Crippen molar-refractivity contribution in [2.45, 2.75) is 19.5 Å². The Balaban J connectivity index is 1.99. The molecule has 0 spiro atoms. The fourth-order valence-corrected chi connectivity index (χ4v) is 4.53. The summed E-state index contributed by atoms with van der Waals surface area (Å²) in [6, 6.07) is 10.2. The first-order valence-corrected chi connectivity index (χ1v) is 8.73. The highest BCUT2D eigenvalue weighted by molar-refractivity contribution is 7.09. The number of hydrogen-bond donors (Lipinski definition) is 2. The van der Waals surface area contributed by atoms with Crippen LogP contribution in [-0.4, -0.2) is 28.0 Å². The number of anilines is 1. The van der Waals surface area contributed by atoms with Crippen LogP contribution in [0.25, 0.3) is 0 Å². The predicted octanol–water partition coefficient (Wildman–Crippen LogP) is 1.35. The predicted molar refractivity (Wildman–Crippen MR) is 95.1 cm³/mol. The molecule has 0 bridgehead atoms. The van der Waals surface area contributed by atoms with Gasteiger partial charge in [0.2, 0.25) is 5.43 Å². The van der Waals surface area contributed by atoms with Crippen LogP contribution in [0.3, 0.4) is 0 Å². The smallest absolute Gasteiger partial charge is 0.248 e. The van der Waals surface area contributed by atoms with Gasteiger partial charge in [0, 0.05) is 36.6 Å². The summed E-state index contributed by atoms with van der Waals surface area (Å²) in [7, 11) is 2.12. The Morgan fingerprint density at radius 2 is 2.12 bits per heavy atom. The van der Waals surface area contributed by atoms with Crippen molar-refractivity contribution in [2.75, 3.05) is 19.0 Å². The van der Waals surface area contributed by atoms with Gasteiger partial charge >= 0.3 is 0 Å². The summed E-state index contributed by atoms with van der Waals surface area (Å²) in [6.07, 6.45) is 0.932. The third-order valence-electron chi connectivity index (χ3n) is 4.45. The molecular formula is C17H19N5OS. The first-order valence-electron chi connectivity index (χ1n) is 7.91. The van der Waals surface area contributed by atoms with Gasteiger partial charge in [0.15, 0.2) is 5.82 Å². The van der Waals surface area contributed by atoms with Crippen LogP contribution in [0.5, 0.6) is 0 Å². The maximum atomic E-state index is 12.7. The Labute approximate surface area is 143 Å². The van der Waals surface area contributed by atoms with Crippen LogP contribution in [0.1, 0.15) is 16.1 Å². The summed E-state index contributed by atoms with van der Waals surface area (Å²) in [5.41, 5.74) is 4.72. The molecule has 0 saturated carbocycles. The topological polar surface area (TPSA) is 76.2 Å². The molecule has 1 aromatic carbocycles. The summed E-state index contributed by atoms with van der Waals surface area (Å²) in [6.45, 7) is 2.55. The van der Waals surface area contributed by atoms with Crippen LogP contribution in [0.4, 0.5) is 5.82 Å². The number of likely N-dealkylation sites (N-methyl/N-ethyl adjacent to an activating group) is 1. The van der Waals surface area contributed by atoms with E-state index in [0.717, 1.165) is 24.2 Å². The van der Waals surface area contributed by atoms with Crippen LogP contribution >= 0.6 is 11.3 Å². The average molecular weight is 341 g/mol. The van der Waals surface area contributed by atoms with E-state index in [-0.39, 0.29) is 11.2 Å². The van der Waals surface area contributed by atoms with Gasteiger partial charge in [-0.2, -0.15) is 0 Å². The zero-order valence-electron chi connectivity index (χ0n) is 13.5. The Morgan fingerprint density at radius 1 is 1.33 bits per heavy atom. The normalized spacial score (nSPS) is 14.8. The molecule has 0 aromatic heterocycles. The Morgan fingerprint density at radius 3 is 2.88 bits per heavy atom. The number of rotatable bonds is 3. The zero-order chi connectivity index (χ0) is 16.7. The number of nitrogens with one attached hydrogen (secondary N) is 1. The molecule has 3 aliphatic heterocycles. The van der Waals surface area contributed by atoms with E-state index in [4.69, 9.17) is 5.84 Å². The molecule has 7 heteroatoms. The lowest BCUT2D eigenvalue weighted by atomic mass is 10.1. The second kappa shape index (κ2) is 6.01. The minimum atomic E-state index is -0.124. The molecule has 124 valence electrons. The van der Waals surface area contributed by atoms with E-state index in [9.17, 15) is 4.79 Å². The first kappa shape index (κ1) is 15.3. The lowest BCUT2D eigenvalue weighted by Crippen LogP contribution is -2.30. The molecule has 0 unspecified atom stereocenters. The summed E-state index contributed by atoms with van der Waals surface area (Å²) < 4.78 is 2.89. The first-order chi connectivity index (χ1) is 11.7. The van der Waals surface area contributed by atoms with E-state index in [2.05, 4.69) is 39.1 Å². The number of hydrazine groups is 1. The van der Waals surface area contributed by atoms with Gasteiger partial charge in [0.25, 0.3) is 0 Å². The number of nitrogen functional groups attached to an aromatic ring is 1. The number of aromatic nitrogens is 2. The van der Waals surface area contributed by atoms with Crippen molar-refractivity contribution in [3.63, 3.8) is 0 Å². The van der Waals surface area contributed by atoms with Crippen molar-refractivity contribution < 1.29 is 0 Å². The number of fused-ring (bicyclic) bond motifs is 1. The monoisotopic (exact) mass is 341 g/mol. The summed E-state index contributed by atoms with van der Waals surface area (Å²) >= 11 is 1.60. The molecule has 6 nitrogen and oxygen atoms in total. The van der Waals surface area contributed by atoms with Crippen LogP contribution < -0.4 is 16.7 Å². The Bertz CT molecular complexity index is 994. The van der Waals surface area contributed by atoms with E-state index in [0.29, 0.717) is 11.9 Å². The zero-order valence-corrected chi connectivity index (χ0v) is 14.3. The number of hydrogen-bond acceptors (Lipinski definition) is 6. The van der Waals surface area contributed by atoms with Crippen molar-refractivity contribution in [2.24, 2.45) is 5.84 Å². The van der Waals surface area contributed by atoms with Crippen LogP contribution in [0, 0.1) is 10.0 Å². The van der Waals surface area contributed by atoms with Crippen LogP contribution in [-0.2, 0) is 19.5 Å². The Hall–Kier alpha value is -2.22. The van der Waals surface area contributed by atoms with Crippen LogP contribution in [0.2, 0.25) is 0 Å². The third-order valence-corrected chi connectivity index (χ3v) is 5.54. The Kier molecular flexibility index (Phi) is 3.84. The maximum Gasteiger partial charge on any atom is 0.248 e. The molecule has 3 heterocycles. The maximum absolute atomic E-state index is 12.7. The second-order valence-electron chi connectivity index (χ2n) is 6.12. The SMILES string of the molecule is CN1CCc2c(sc3nc(NN)c(=O)c=3n2Cc2ccccc2)C1. The van der Waals surface area contributed by atoms with E-state index >= 15 is 0 Å². The van der Waals surface area contributed by atoms with E-state index in [1.165, 1.54) is 16.1 Å². The molecule has 3 N–H and O–H groups in total. The van der Waals surface area contributed by atoms with Gasteiger partial charge in [-0.25, -0.2) is 10.8 Å². The number of nitrogens with two attached hydrogens (primary N) is 1. The second-order valence-corrected chi connectivity index (χ2v) is 7.20. The molecule has 0 aliphatic carbocycles. The standard InChI is InChI=1S/C17H19N5OS/c1-21-8-7-12-13(10-21)24-17-14(15(23)16(19-17)20-18)22(12)9-11-5-3-2-4-6-11/h2-6H,7-10,18H2,1H3,(H,19,20,23). The van der Waals surface area contributed by atoms with Gasteiger partial charge in [-0.05, 0) is 12.6 Å². The molecule has 4 rings (SSSR count). The highest BCUT2D eigenvalue weighted by Crippen LogP contribution is 2.24. The van der Waals surface area contributed by atoms with Crippen molar-refractivity contribution in [1.29, 1.82) is 0 Å². The molecule has 24 heavy (non-hydrogen) atoms. The minimum Gasteiger partial charge on any atom is -0.334 e. The van der Waals surface area contributed by atoms with Crippen LogP contribution in [0.15, 0.2) is 35.1 Å². The van der Waals surface area contributed by atoms with Crippen molar-refractivity contribution in [3.05, 3.63) is 66.7 Å². The molecule has 0 radical (unpaired) electrons. The summed E-state index contributed by atoms with van der Waals surface area (Å²) in [5.74, 6) is 5.69. The van der Waals surface area contributed by atoms with Gasteiger partial charge in [0.05, 0.1) is 0 Å². The van der Waals surface area contributed by atoms with Gasteiger partial charge in [-0.1, -0.05) is 30.3 Å². The molecule has 1 aromatic rings. The minimum absolute atomic E-state index is 0.124. The molecule has 0 amide bonds. The van der Waals surface area contributed by atoms with Crippen molar-refractivity contribution >= 4 is 17.2 Å². The molecule has 0 atom stereocenters. The fourth-order valence-electron chi connectivity index (χ4n) is 3.24. The molecule has 3 aliphatic rings. The molecule has 0 fully saturated rings. The third kappa shape index (κ3) is 2.50. The fraction of sp³-hybridized carbons (Fsp3) is 0.294. The summed E-state index contributed by atoms with van der Waals surface area (Å²) in [5, 5.41) is 0.653. The van der Waals surface area contributed by atoms with Crippen molar-refractivity contribution in [3.8, 4) is 0 Å². The van der Waals surface area contributed by atoms with Gasteiger partial charge < -0.3 is 14.9 Å². The largest absolute Gasteiger partial charge is 0.334 e. The lowest BCUT2D eigenvalue weighted by molar-refractivity contribution is 0.309. The number of nitrogens with zero attached hydrogens (tertiary/aromatic N) is 3. The number of benzene rings is 1. The van der Waals surface area contributed by atoms with Gasteiger partial charge in [0.1, 0.15) is 10.0 Å². The molecular weight excluding hydrogens is 322 g/mol. The highest BCUT2D eigenvalue weighted by Gasteiger charge is 2.21. The summed E-state index contributed by atoms with van der Waals surface area (Å²) in [4.78, 5) is 20.7. The lowest BCUT2D eigenvalue weighted by Gasteiger charge is -2.27. The van der Waals surface area contributed by atoms with Gasteiger partial charge in [-0.3, -0.25) is 4.79 Å². The van der Waals surface area contributed by atoms with Gasteiger partial charge in [-0.15, -0.1) is 11.3 Å². The average Bonchev–Trinajstić information content (AvgIpc) is 2.91. The molecule has 0 saturated heterocycles. The van der Waals surface area contributed by atoms with E-state index in [1.54, 1.807) is 11.3 Å². The quantitative estimate of drug-likeness (QED) is 0.556. The van der Waals surface area contributed by atoms with E-state index in [1.807, 2.05) is 18.2 Å². The highest BCUT2D eigenvalue weighted by atomic mass is 32.1.